The second kappa shape index (κ2) is 9.42. The summed E-state index contributed by atoms with van der Waals surface area (Å²) >= 11 is 6.01. The van der Waals surface area contributed by atoms with Crippen molar-refractivity contribution in [3.8, 4) is 0 Å². The Morgan fingerprint density at radius 3 is 2.31 bits per heavy atom. The number of carbonyl (C=O) groups is 2. The second-order valence-electron chi connectivity index (χ2n) is 7.04. The number of halogens is 1. The quantitative estimate of drug-likeness (QED) is 0.502. The van der Waals surface area contributed by atoms with Crippen molar-refractivity contribution in [1.29, 1.82) is 0 Å². The minimum atomic E-state index is -3.92. The Hall–Kier alpha value is -3.36. The molecule has 0 saturated carbocycles. The first-order valence-electron chi connectivity index (χ1n) is 9.50. The van der Waals surface area contributed by atoms with Gasteiger partial charge in [0.2, 0.25) is 0 Å². The number of ether oxygens (including phenoxy) is 1. The highest BCUT2D eigenvalue weighted by Crippen LogP contribution is 2.24. The predicted molar refractivity (Wildman–Crippen MR) is 124 cm³/mol. The summed E-state index contributed by atoms with van der Waals surface area (Å²) in [5, 5.41) is 2.84. The average Bonchev–Trinajstić information content (AvgIpc) is 2.76. The molecule has 0 saturated heterocycles. The molecule has 0 aliphatic heterocycles. The highest BCUT2D eigenvalue weighted by Gasteiger charge is 2.20. The summed E-state index contributed by atoms with van der Waals surface area (Å²) in [6.07, 6.45) is 0. The molecule has 1 amide bonds. The van der Waals surface area contributed by atoms with Gasteiger partial charge in [-0.05, 0) is 61.4 Å². The molecule has 3 rings (SSSR count). The van der Waals surface area contributed by atoms with E-state index in [9.17, 15) is 18.0 Å². The van der Waals surface area contributed by atoms with E-state index in [1.165, 1.54) is 37.4 Å². The molecule has 3 aromatic carbocycles. The van der Waals surface area contributed by atoms with E-state index in [-0.39, 0.29) is 21.0 Å². The van der Waals surface area contributed by atoms with Gasteiger partial charge >= 0.3 is 5.97 Å². The van der Waals surface area contributed by atoms with Gasteiger partial charge in [0.15, 0.2) is 0 Å². The summed E-state index contributed by atoms with van der Waals surface area (Å²) in [5.74, 6) is -1.17. The maximum Gasteiger partial charge on any atom is 0.339 e. The third-order valence-electron chi connectivity index (χ3n) is 4.78. The molecule has 9 heteroatoms. The summed E-state index contributed by atoms with van der Waals surface area (Å²) in [6.45, 7) is 3.49. The number of methoxy groups -OCH3 is 1. The van der Waals surface area contributed by atoms with Gasteiger partial charge in [-0.15, -0.1) is 0 Å². The molecule has 0 heterocycles. The second-order valence-corrected chi connectivity index (χ2v) is 9.13. The van der Waals surface area contributed by atoms with Gasteiger partial charge < -0.3 is 10.1 Å². The van der Waals surface area contributed by atoms with Crippen molar-refractivity contribution in [2.45, 2.75) is 18.7 Å². The third kappa shape index (κ3) is 5.09. The largest absolute Gasteiger partial charge is 0.465 e. The van der Waals surface area contributed by atoms with Crippen LogP contribution in [0.25, 0.3) is 0 Å². The SMILES string of the molecule is COC(=O)c1cc(NC(=O)c2cc(S(=O)(=O)Nc3ccccc3C)ccc2C)ccc1Cl. The van der Waals surface area contributed by atoms with E-state index in [0.717, 1.165) is 5.56 Å². The lowest BCUT2D eigenvalue weighted by atomic mass is 10.1. The molecule has 0 bridgehead atoms. The van der Waals surface area contributed by atoms with Crippen molar-refractivity contribution in [1.82, 2.24) is 0 Å². The number of carbonyl (C=O) groups excluding carboxylic acids is 2. The Balaban J connectivity index is 1.89. The van der Waals surface area contributed by atoms with E-state index in [4.69, 9.17) is 11.6 Å². The zero-order chi connectivity index (χ0) is 23.5. The van der Waals surface area contributed by atoms with Crippen LogP contribution in [0.5, 0.6) is 0 Å². The van der Waals surface area contributed by atoms with Crippen LogP contribution in [0.3, 0.4) is 0 Å². The molecular weight excluding hydrogens is 452 g/mol. The predicted octanol–water partition coefficient (Wildman–Crippen LogP) is 4.80. The summed E-state index contributed by atoms with van der Waals surface area (Å²) in [6, 6.07) is 15.7. The van der Waals surface area contributed by atoms with Crippen molar-refractivity contribution >= 4 is 44.9 Å². The van der Waals surface area contributed by atoms with Crippen molar-refractivity contribution in [3.63, 3.8) is 0 Å². The molecular formula is C23H21ClN2O5S. The highest BCUT2D eigenvalue weighted by molar-refractivity contribution is 7.92. The lowest BCUT2D eigenvalue weighted by Gasteiger charge is -2.13. The van der Waals surface area contributed by atoms with E-state index in [1.807, 2.05) is 6.07 Å². The number of hydrogen-bond donors (Lipinski definition) is 2. The lowest BCUT2D eigenvalue weighted by Crippen LogP contribution is -2.17. The van der Waals surface area contributed by atoms with Crippen LogP contribution in [-0.2, 0) is 14.8 Å². The number of para-hydroxylation sites is 1. The first-order chi connectivity index (χ1) is 15.1. The fraction of sp³-hybridized carbons (Fsp3) is 0.130. The number of anilines is 2. The summed E-state index contributed by atoms with van der Waals surface area (Å²) < 4.78 is 33.0. The summed E-state index contributed by atoms with van der Waals surface area (Å²) in [7, 11) is -2.69. The number of aryl methyl sites for hydroxylation is 2. The number of rotatable bonds is 6. The third-order valence-corrected chi connectivity index (χ3v) is 6.48. The van der Waals surface area contributed by atoms with Crippen molar-refractivity contribution in [2.75, 3.05) is 17.1 Å². The fourth-order valence-corrected chi connectivity index (χ4v) is 4.32. The van der Waals surface area contributed by atoms with E-state index < -0.39 is 21.9 Å². The standard InChI is InChI=1S/C23H21ClN2O5S/c1-14-8-10-17(32(29,30)26-21-7-5-4-6-15(21)2)13-18(14)22(27)25-16-9-11-20(24)19(12-16)23(28)31-3/h4-13,26H,1-3H3,(H,25,27). The number of benzene rings is 3. The van der Waals surface area contributed by atoms with Crippen molar-refractivity contribution in [2.24, 2.45) is 0 Å². The fourth-order valence-electron chi connectivity index (χ4n) is 2.97. The molecule has 0 unspecified atom stereocenters. The smallest absolute Gasteiger partial charge is 0.339 e. The minimum absolute atomic E-state index is 0.0529. The Morgan fingerprint density at radius 1 is 0.906 bits per heavy atom. The summed E-state index contributed by atoms with van der Waals surface area (Å²) in [4.78, 5) is 24.7. The molecule has 3 aromatic rings. The van der Waals surface area contributed by atoms with Crippen LogP contribution in [0.2, 0.25) is 5.02 Å². The van der Waals surface area contributed by atoms with E-state index >= 15 is 0 Å². The zero-order valence-corrected chi connectivity index (χ0v) is 19.2. The molecule has 32 heavy (non-hydrogen) atoms. The first kappa shape index (κ1) is 23.3. The maximum absolute atomic E-state index is 12.9. The molecule has 0 aromatic heterocycles. The van der Waals surface area contributed by atoms with Gasteiger partial charge in [-0.1, -0.05) is 35.9 Å². The molecule has 0 radical (unpaired) electrons. The van der Waals surface area contributed by atoms with Crippen LogP contribution >= 0.6 is 11.6 Å². The zero-order valence-electron chi connectivity index (χ0n) is 17.6. The number of amides is 1. The van der Waals surface area contributed by atoms with E-state index in [0.29, 0.717) is 16.9 Å². The van der Waals surface area contributed by atoms with Gasteiger partial charge in [0, 0.05) is 11.3 Å². The molecule has 0 fully saturated rings. The van der Waals surface area contributed by atoms with Gasteiger partial charge in [0.1, 0.15) is 0 Å². The Bertz CT molecular complexity index is 1310. The van der Waals surface area contributed by atoms with Gasteiger partial charge in [-0.25, -0.2) is 13.2 Å². The Labute approximate surface area is 191 Å². The molecule has 7 nitrogen and oxygen atoms in total. The Kier molecular flexibility index (Phi) is 6.86. The summed E-state index contributed by atoms with van der Waals surface area (Å²) in [5.41, 5.74) is 2.39. The maximum atomic E-state index is 12.9. The lowest BCUT2D eigenvalue weighted by molar-refractivity contribution is 0.0600. The molecule has 0 atom stereocenters. The molecule has 0 aliphatic carbocycles. The highest BCUT2D eigenvalue weighted by atomic mass is 35.5. The van der Waals surface area contributed by atoms with Crippen LogP contribution in [-0.4, -0.2) is 27.4 Å². The molecule has 166 valence electrons. The monoisotopic (exact) mass is 472 g/mol. The topological polar surface area (TPSA) is 102 Å². The molecule has 0 spiro atoms. The van der Waals surface area contributed by atoms with Crippen LogP contribution in [0, 0.1) is 13.8 Å². The number of hydrogen-bond acceptors (Lipinski definition) is 5. The first-order valence-corrected chi connectivity index (χ1v) is 11.4. The van der Waals surface area contributed by atoms with E-state index in [2.05, 4.69) is 14.8 Å². The molecule has 0 aliphatic rings. The van der Waals surface area contributed by atoms with Gasteiger partial charge in [0.25, 0.3) is 15.9 Å². The van der Waals surface area contributed by atoms with Crippen LogP contribution in [0.1, 0.15) is 31.8 Å². The van der Waals surface area contributed by atoms with Crippen molar-refractivity contribution in [3.05, 3.63) is 87.9 Å². The van der Waals surface area contributed by atoms with Crippen LogP contribution in [0.15, 0.2) is 65.6 Å². The van der Waals surface area contributed by atoms with Gasteiger partial charge in [0.05, 0.1) is 28.3 Å². The van der Waals surface area contributed by atoms with E-state index in [1.54, 1.807) is 38.1 Å². The Morgan fingerprint density at radius 2 is 1.62 bits per heavy atom. The average molecular weight is 473 g/mol. The number of nitrogens with one attached hydrogen (secondary N) is 2. The minimum Gasteiger partial charge on any atom is -0.465 e. The number of sulfonamides is 1. The normalized spacial score (nSPS) is 11.0. The van der Waals surface area contributed by atoms with Gasteiger partial charge in [-0.2, -0.15) is 0 Å². The number of esters is 1. The molecule has 2 N–H and O–H groups in total. The van der Waals surface area contributed by atoms with Gasteiger partial charge in [-0.3, -0.25) is 9.52 Å². The van der Waals surface area contributed by atoms with Crippen molar-refractivity contribution < 1.29 is 22.7 Å². The van der Waals surface area contributed by atoms with Crippen LogP contribution in [0.4, 0.5) is 11.4 Å². The van der Waals surface area contributed by atoms with Crippen LogP contribution < -0.4 is 10.0 Å².